The van der Waals surface area contributed by atoms with Crippen molar-refractivity contribution in [2.24, 2.45) is 5.41 Å². The van der Waals surface area contributed by atoms with E-state index in [9.17, 15) is 5.11 Å². The minimum absolute atomic E-state index is 0.159. The van der Waals surface area contributed by atoms with Gasteiger partial charge in [0.2, 0.25) is 0 Å². The monoisotopic (exact) mass is 314 g/mol. The summed E-state index contributed by atoms with van der Waals surface area (Å²) < 4.78 is 12.2. The Morgan fingerprint density at radius 3 is 1.77 bits per heavy atom. The summed E-state index contributed by atoms with van der Waals surface area (Å²) in [4.78, 5) is 0. The zero-order chi connectivity index (χ0) is 17.8. The van der Waals surface area contributed by atoms with Gasteiger partial charge >= 0.3 is 0 Å². The summed E-state index contributed by atoms with van der Waals surface area (Å²) >= 11 is 0. The van der Waals surface area contributed by atoms with Crippen LogP contribution in [0.5, 0.6) is 0 Å². The first-order chi connectivity index (χ1) is 9.54. The average molecular weight is 315 g/mol. The highest BCUT2D eigenvalue weighted by Gasteiger charge is 2.33. The molecule has 0 spiro atoms. The van der Waals surface area contributed by atoms with Crippen molar-refractivity contribution < 1.29 is 14.6 Å². The quantitative estimate of drug-likeness (QED) is 0.559. The summed E-state index contributed by atoms with van der Waals surface area (Å²) in [5.41, 5.74) is -0.583. The maximum Gasteiger partial charge on any atom is 0.0879 e. The van der Waals surface area contributed by atoms with Crippen molar-refractivity contribution in [2.75, 3.05) is 6.61 Å². The summed E-state index contributed by atoms with van der Waals surface area (Å²) in [6.45, 7) is 23.3. The number of hydrogen-bond donors (Lipinski definition) is 1. The molecule has 0 aliphatic rings. The minimum Gasteiger partial charge on any atom is -0.513 e. The molecule has 22 heavy (non-hydrogen) atoms. The highest BCUT2D eigenvalue weighted by Crippen LogP contribution is 2.34. The highest BCUT2D eigenvalue weighted by molar-refractivity contribution is 4.88. The molecule has 3 nitrogen and oxygen atoms in total. The predicted molar refractivity (Wildman–Crippen MR) is 94.3 cm³/mol. The van der Waals surface area contributed by atoms with E-state index in [0.717, 1.165) is 12.8 Å². The lowest BCUT2D eigenvalue weighted by Crippen LogP contribution is -2.40. The van der Waals surface area contributed by atoms with Gasteiger partial charge in [-0.2, -0.15) is 0 Å². The molecule has 0 aliphatic heterocycles. The van der Waals surface area contributed by atoms with Crippen molar-refractivity contribution in [3.05, 3.63) is 12.3 Å². The fraction of sp³-hybridized carbons (Fsp3) is 0.895. The number of hydrogen-bond acceptors (Lipinski definition) is 3. The second kappa shape index (κ2) is 7.35. The summed E-state index contributed by atoms with van der Waals surface area (Å²) in [5.74, 6) is 0.159. The van der Waals surface area contributed by atoms with Gasteiger partial charge in [-0.15, -0.1) is 0 Å². The summed E-state index contributed by atoms with van der Waals surface area (Å²) in [6, 6.07) is 0. The molecule has 0 atom stereocenters. The van der Waals surface area contributed by atoms with Crippen LogP contribution in [0.1, 0.15) is 81.6 Å². The molecular weight excluding hydrogens is 276 g/mol. The molecule has 1 N–H and O–H groups in total. The van der Waals surface area contributed by atoms with Crippen LogP contribution in [0.3, 0.4) is 0 Å². The molecule has 0 saturated carbocycles. The fourth-order valence-electron chi connectivity index (χ4n) is 3.23. The third kappa shape index (κ3) is 11.1. The molecule has 0 radical (unpaired) electrons. The molecule has 132 valence electrons. The van der Waals surface area contributed by atoms with Gasteiger partial charge in [-0.05, 0) is 59.8 Å². The van der Waals surface area contributed by atoms with Gasteiger partial charge in [0.15, 0.2) is 0 Å². The standard InChI is InChI=1S/C19H38O3/c1-15(20)13-18(7,8)21-12-11-17(5,6)22-19(9,10)14-16(2,3)4/h20H,1,11-14H2,2-10H3. The largest absolute Gasteiger partial charge is 0.513 e. The van der Waals surface area contributed by atoms with Crippen molar-refractivity contribution in [2.45, 2.75) is 98.4 Å². The Morgan fingerprint density at radius 1 is 0.864 bits per heavy atom. The van der Waals surface area contributed by atoms with Crippen LogP contribution in [0, 0.1) is 5.41 Å². The molecule has 0 heterocycles. The SMILES string of the molecule is C=C(O)CC(C)(C)OCCC(C)(C)OC(C)(C)CC(C)(C)C. The van der Waals surface area contributed by atoms with E-state index >= 15 is 0 Å². The van der Waals surface area contributed by atoms with Crippen LogP contribution in [0.4, 0.5) is 0 Å². The molecule has 0 aromatic rings. The molecule has 0 rings (SSSR count). The first-order valence-corrected chi connectivity index (χ1v) is 8.25. The fourth-order valence-corrected chi connectivity index (χ4v) is 3.23. The Labute approximate surface area is 138 Å². The van der Waals surface area contributed by atoms with Crippen LogP contribution in [0.25, 0.3) is 0 Å². The van der Waals surface area contributed by atoms with Gasteiger partial charge < -0.3 is 14.6 Å². The third-order valence-corrected chi connectivity index (χ3v) is 3.34. The van der Waals surface area contributed by atoms with Crippen LogP contribution in [-0.4, -0.2) is 28.5 Å². The van der Waals surface area contributed by atoms with Crippen molar-refractivity contribution in [1.29, 1.82) is 0 Å². The molecule has 0 saturated heterocycles. The van der Waals surface area contributed by atoms with Gasteiger partial charge in [0.25, 0.3) is 0 Å². The van der Waals surface area contributed by atoms with Gasteiger partial charge in [-0.3, -0.25) is 0 Å². The van der Waals surface area contributed by atoms with Gasteiger partial charge in [-0.25, -0.2) is 0 Å². The lowest BCUT2D eigenvalue weighted by molar-refractivity contribution is -0.151. The Kier molecular flexibility index (Phi) is 7.17. The van der Waals surface area contributed by atoms with Gasteiger partial charge in [0.1, 0.15) is 0 Å². The lowest BCUT2D eigenvalue weighted by atomic mass is 9.83. The Bertz CT molecular complexity index is 359. The second-order valence-corrected chi connectivity index (χ2v) is 9.46. The normalized spacial score (nSPS) is 14.2. The highest BCUT2D eigenvalue weighted by atomic mass is 16.5. The third-order valence-electron chi connectivity index (χ3n) is 3.34. The molecule has 0 unspecified atom stereocenters. The van der Waals surface area contributed by atoms with Crippen molar-refractivity contribution in [3.8, 4) is 0 Å². The van der Waals surface area contributed by atoms with E-state index in [1.807, 2.05) is 13.8 Å². The number of ether oxygens (including phenoxy) is 2. The molecule has 0 aromatic carbocycles. The number of rotatable bonds is 9. The lowest BCUT2D eigenvalue weighted by Gasteiger charge is -2.40. The molecule has 0 fully saturated rings. The summed E-state index contributed by atoms with van der Waals surface area (Å²) in [7, 11) is 0. The number of aliphatic hydroxyl groups excluding tert-OH is 1. The molecule has 0 aliphatic carbocycles. The van der Waals surface area contributed by atoms with Crippen molar-refractivity contribution in [3.63, 3.8) is 0 Å². The molecule has 3 heteroatoms. The van der Waals surface area contributed by atoms with Crippen LogP contribution >= 0.6 is 0 Å². The van der Waals surface area contributed by atoms with Crippen LogP contribution in [-0.2, 0) is 9.47 Å². The summed E-state index contributed by atoms with van der Waals surface area (Å²) in [6.07, 6.45) is 2.26. The first-order valence-electron chi connectivity index (χ1n) is 8.25. The zero-order valence-corrected chi connectivity index (χ0v) is 16.3. The van der Waals surface area contributed by atoms with Gasteiger partial charge in [0, 0.05) is 6.42 Å². The molecular formula is C19H38O3. The maximum absolute atomic E-state index is 9.31. The minimum atomic E-state index is -0.400. The maximum atomic E-state index is 9.31. The van der Waals surface area contributed by atoms with Crippen molar-refractivity contribution >= 4 is 0 Å². The Balaban J connectivity index is 4.44. The van der Waals surface area contributed by atoms with Crippen LogP contribution < -0.4 is 0 Å². The van der Waals surface area contributed by atoms with E-state index in [1.54, 1.807) is 0 Å². The van der Waals surface area contributed by atoms with E-state index in [1.165, 1.54) is 0 Å². The van der Waals surface area contributed by atoms with E-state index in [0.29, 0.717) is 13.0 Å². The number of aliphatic hydroxyl groups is 1. The topological polar surface area (TPSA) is 38.7 Å². The van der Waals surface area contributed by atoms with E-state index in [2.05, 4.69) is 55.0 Å². The van der Waals surface area contributed by atoms with Crippen molar-refractivity contribution in [1.82, 2.24) is 0 Å². The predicted octanol–water partition coefficient (Wildman–Crippen LogP) is 5.64. The van der Waals surface area contributed by atoms with E-state index in [-0.39, 0.29) is 22.4 Å². The second-order valence-electron chi connectivity index (χ2n) is 9.46. The van der Waals surface area contributed by atoms with E-state index < -0.39 is 5.60 Å². The molecule has 0 amide bonds. The molecule has 0 bridgehead atoms. The Hall–Kier alpha value is -0.540. The summed E-state index contributed by atoms with van der Waals surface area (Å²) in [5, 5.41) is 9.31. The van der Waals surface area contributed by atoms with Gasteiger partial charge in [-0.1, -0.05) is 27.4 Å². The molecule has 0 aromatic heterocycles. The Morgan fingerprint density at radius 2 is 1.36 bits per heavy atom. The van der Waals surface area contributed by atoms with Crippen LogP contribution in [0.2, 0.25) is 0 Å². The van der Waals surface area contributed by atoms with Gasteiger partial charge in [0.05, 0.1) is 29.2 Å². The smallest absolute Gasteiger partial charge is 0.0879 e. The first kappa shape index (κ1) is 21.5. The van der Waals surface area contributed by atoms with Crippen LogP contribution in [0.15, 0.2) is 12.3 Å². The van der Waals surface area contributed by atoms with E-state index in [4.69, 9.17) is 9.47 Å². The average Bonchev–Trinajstić information content (AvgIpc) is 2.06. The zero-order valence-electron chi connectivity index (χ0n) is 16.3.